The van der Waals surface area contributed by atoms with Gasteiger partial charge in [0, 0.05) is 22.5 Å². The number of hydrogen-bond donors (Lipinski definition) is 0. The Labute approximate surface area is 272 Å². The van der Waals surface area contributed by atoms with Gasteiger partial charge >= 0.3 is 0 Å². The van der Waals surface area contributed by atoms with E-state index in [1.165, 1.54) is 55.6 Å². The van der Waals surface area contributed by atoms with Gasteiger partial charge in [-0.05, 0) is 92.0 Å². The Balaban J connectivity index is 1.25. The predicted molar refractivity (Wildman–Crippen MR) is 195 cm³/mol. The number of anilines is 3. The van der Waals surface area contributed by atoms with E-state index >= 15 is 0 Å². The van der Waals surface area contributed by atoms with Crippen LogP contribution in [0.3, 0.4) is 0 Å². The van der Waals surface area contributed by atoms with Gasteiger partial charge in [0.15, 0.2) is 0 Å². The number of para-hydroxylation sites is 1. The summed E-state index contributed by atoms with van der Waals surface area (Å²) in [6.45, 7) is 4.73. The molecule has 46 heavy (non-hydrogen) atoms. The van der Waals surface area contributed by atoms with Crippen molar-refractivity contribution in [3.05, 3.63) is 187 Å². The van der Waals surface area contributed by atoms with Gasteiger partial charge in [-0.2, -0.15) is 0 Å². The molecule has 7 aromatic rings. The van der Waals surface area contributed by atoms with Crippen LogP contribution in [0.1, 0.15) is 25.0 Å². The summed E-state index contributed by atoms with van der Waals surface area (Å²) in [5.41, 5.74) is 16.1. The van der Waals surface area contributed by atoms with Gasteiger partial charge < -0.3 is 4.90 Å². The van der Waals surface area contributed by atoms with Crippen LogP contribution in [0.2, 0.25) is 0 Å². The summed E-state index contributed by atoms with van der Waals surface area (Å²) >= 11 is 0. The number of nitrogens with zero attached hydrogens (tertiary/aromatic N) is 1. The molecule has 0 amide bonds. The Bertz CT molecular complexity index is 2130. The Kier molecular flexibility index (Phi) is 6.88. The molecule has 0 saturated carbocycles. The SMILES string of the molecule is CC1(C)c2ccccc2-c2cc(N(c3ccccc3)c3ccc(-c4ccc(-c5ccccc5)cc4)cc3)cc(-c3ccccc3)c21. The average molecular weight is 590 g/mol. The fourth-order valence-corrected chi connectivity index (χ4v) is 7.20. The van der Waals surface area contributed by atoms with Crippen LogP contribution in [0, 0.1) is 0 Å². The lowest BCUT2D eigenvalue weighted by Crippen LogP contribution is -2.17. The van der Waals surface area contributed by atoms with Crippen molar-refractivity contribution >= 4 is 17.1 Å². The van der Waals surface area contributed by atoms with Gasteiger partial charge in [-0.25, -0.2) is 0 Å². The topological polar surface area (TPSA) is 3.24 Å². The highest BCUT2D eigenvalue weighted by atomic mass is 15.1. The molecule has 0 saturated heterocycles. The molecule has 1 heteroatoms. The Morgan fingerprint density at radius 3 is 1.39 bits per heavy atom. The predicted octanol–water partition coefficient (Wildman–Crippen LogP) is 12.5. The normalized spacial score (nSPS) is 12.7. The zero-order valence-corrected chi connectivity index (χ0v) is 26.2. The first-order valence-electron chi connectivity index (χ1n) is 16.0. The largest absolute Gasteiger partial charge is 0.310 e. The number of hydrogen-bond acceptors (Lipinski definition) is 1. The summed E-state index contributed by atoms with van der Waals surface area (Å²) in [7, 11) is 0. The van der Waals surface area contributed by atoms with E-state index in [1.54, 1.807) is 0 Å². The number of fused-ring (bicyclic) bond motifs is 3. The fraction of sp³-hybridized carbons (Fsp3) is 0.0667. The minimum atomic E-state index is -0.106. The lowest BCUT2D eigenvalue weighted by Gasteiger charge is -2.29. The Hall–Kier alpha value is -5.66. The second-order valence-corrected chi connectivity index (χ2v) is 12.6. The average Bonchev–Trinajstić information content (AvgIpc) is 3.36. The molecule has 0 heterocycles. The molecule has 8 rings (SSSR count). The Morgan fingerprint density at radius 2 is 0.783 bits per heavy atom. The van der Waals surface area contributed by atoms with E-state index in [-0.39, 0.29) is 5.41 Å². The fourth-order valence-electron chi connectivity index (χ4n) is 7.20. The molecule has 0 aliphatic heterocycles. The van der Waals surface area contributed by atoms with E-state index < -0.39 is 0 Å². The highest BCUT2D eigenvalue weighted by molar-refractivity contribution is 5.93. The maximum Gasteiger partial charge on any atom is 0.0474 e. The highest BCUT2D eigenvalue weighted by Crippen LogP contribution is 2.54. The maximum atomic E-state index is 2.40. The molecule has 0 bridgehead atoms. The van der Waals surface area contributed by atoms with Crippen molar-refractivity contribution in [2.75, 3.05) is 4.90 Å². The van der Waals surface area contributed by atoms with Crippen molar-refractivity contribution < 1.29 is 0 Å². The number of benzene rings is 7. The van der Waals surface area contributed by atoms with Gasteiger partial charge in [-0.1, -0.05) is 153 Å². The zero-order valence-electron chi connectivity index (χ0n) is 26.2. The van der Waals surface area contributed by atoms with Crippen LogP contribution in [0.25, 0.3) is 44.5 Å². The van der Waals surface area contributed by atoms with Crippen LogP contribution in [-0.2, 0) is 5.41 Å². The van der Waals surface area contributed by atoms with Crippen molar-refractivity contribution in [1.29, 1.82) is 0 Å². The quantitative estimate of drug-likeness (QED) is 0.186. The van der Waals surface area contributed by atoms with Crippen LogP contribution >= 0.6 is 0 Å². The molecule has 1 nitrogen and oxygen atoms in total. The van der Waals surface area contributed by atoms with Crippen LogP contribution in [0.4, 0.5) is 17.1 Å². The molecule has 0 spiro atoms. The summed E-state index contributed by atoms with van der Waals surface area (Å²) in [5.74, 6) is 0. The molecule has 1 aliphatic carbocycles. The third kappa shape index (κ3) is 4.82. The van der Waals surface area contributed by atoms with E-state index in [4.69, 9.17) is 0 Å². The van der Waals surface area contributed by atoms with Crippen molar-refractivity contribution in [2.24, 2.45) is 0 Å². The summed E-state index contributed by atoms with van der Waals surface area (Å²) in [6, 6.07) is 63.7. The molecule has 7 aromatic carbocycles. The van der Waals surface area contributed by atoms with E-state index in [0.29, 0.717) is 0 Å². The molecular weight excluding hydrogens is 555 g/mol. The highest BCUT2D eigenvalue weighted by Gasteiger charge is 2.38. The van der Waals surface area contributed by atoms with Crippen molar-refractivity contribution in [3.63, 3.8) is 0 Å². The summed E-state index contributed by atoms with van der Waals surface area (Å²) < 4.78 is 0. The second kappa shape index (κ2) is 11.4. The van der Waals surface area contributed by atoms with Crippen LogP contribution in [0.5, 0.6) is 0 Å². The summed E-state index contributed by atoms with van der Waals surface area (Å²) in [6.07, 6.45) is 0. The minimum Gasteiger partial charge on any atom is -0.310 e. The molecular formula is C45H35N. The lowest BCUT2D eigenvalue weighted by molar-refractivity contribution is 0.662. The second-order valence-electron chi connectivity index (χ2n) is 12.6. The minimum absolute atomic E-state index is 0.106. The van der Waals surface area contributed by atoms with Gasteiger partial charge in [0.25, 0.3) is 0 Å². The van der Waals surface area contributed by atoms with Gasteiger partial charge in [-0.15, -0.1) is 0 Å². The molecule has 0 N–H and O–H groups in total. The van der Waals surface area contributed by atoms with Crippen molar-refractivity contribution in [3.8, 4) is 44.5 Å². The molecule has 0 radical (unpaired) electrons. The van der Waals surface area contributed by atoms with E-state index in [0.717, 1.165) is 17.1 Å². The third-order valence-electron chi connectivity index (χ3n) is 9.45. The first-order chi connectivity index (χ1) is 22.6. The summed E-state index contributed by atoms with van der Waals surface area (Å²) in [5, 5.41) is 0. The maximum absolute atomic E-state index is 2.40. The molecule has 0 fully saturated rings. The number of rotatable bonds is 6. The molecule has 0 unspecified atom stereocenters. The Morgan fingerprint density at radius 1 is 0.348 bits per heavy atom. The standard InChI is InChI=1S/C45H35N/c1-45(2)43-21-13-12-20-40(43)42-31-39(30-41(44(42)45)36-16-8-4-9-17-36)46(37-18-10-5-11-19-37)38-28-26-35(27-29-38)34-24-22-33(23-25-34)32-14-6-3-7-15-32/h3-31H,1-2H3. The first-order valence-corrected chi connectivity index (χ1v) is 16.0. The van der Waals surface area contributed by atoms with Gasteiger partial charge in [0.2, 0.25) is 0 Å². The molecule has 220 valence electrons. The third-order valence-corrected chi connectivity index (χ3v) is 9.45. The van der Waals surface area contributed by atoms with Crippen molar-refractivity contribution in [1.82, 2.24) is 0 Å². The zero-order chi connectivity index (χ0) is 31.1. The van der Waals surface area contributed by atoms with Gasteiger partial charge in [0.05, 0.1) is 0 Å². The smallest absolute Gasteiger partial charge is 0.0474 e. The first kappa shape index (κ1) is 27.9. The molecule has 0 atom stereocenters. The molecule has 1 aliphatic rings. The lowest BCUT2D eigenvalue weighted by atomic mass is 9.78. The van der Waals surface area contributed by atoms with Crippen LogP contribution in [-0.4, -0.2) is 0 Å². The van der Waals surface area contributed by atoms with Gasteiger partial charge in [0.1, 0.15) is 0 Å². The van der Waals surface area contributed by atoms with Crippen LogP contribution in [0.15, 0.2) is 176 Å². The molecule has 0 aromatic heterocycles. The van der Waals surface area contributed by atoms with E-state index in [9.17, 15) is 0 Å². The van der Waals surface area contributed by atoms with E-state index in [1.807, 2.05) is 0 Å². The summed E-state index contributed by atoms with van der Waals surface area (Å²) in [4.78, 5) is 2.39. The van der Waals surface area contributed by atoms with Crippen LogP contribution < -0.4 is 4.90 Å². The van der Waals surface area contributed by atoms with Gasteiger partial charge in [-0.3, -0.25) is 0 Å². The van der Waals surface area contributed by atoms with Crippen molar-refractivity contribution in [2.45, 2.75) is 19.3 Å². The monoisotopic (exact) mass is 589 g/mol. The van der Waals surface area contributed by atoms with E-state index in [2.05, 4.69) is 195 Å².